The van der Waals surface area contributed by atoms with E-state index < -0.39 is 0 Å². The zero-order valence-electron chi connectivity index (χ0n) is 24.5. The molecule has 0 aliphatic carbocycles. The van der Waals surface area contributed by atoms with E-state index in [-0.39, 0.29) is 25.0 Å². The molecule has 1 heterocycles. The number of nitrogens with zero attached hydrogens (tertiary/aromatic N) is 2. The Morgan fingerprint density at radius 1 is 0.810 bits per heavy atom. The van der Waals surface area contributed by atoms with E-state index in [1.54, 1.807) is 43.3 Å². The minimum Gasteiger partial charge on any atom is -0.493 e. The molecule has 0 bridgehead atoms. The summed E-state index contributed by atoms with van der Waals surface area (Å²) in [4.78, 5) is 33.7. The predicted octanol–water partition coefficient (Wildman–Crippen LogP) is 4.70. The molecule has 0 unspecified atom stereocenters. The lowest BCUT2D eigenvalue weighted by Gasteiger charge is -2.28. The van der Waals surface area contributed by atoms with Crippen LogP contribution in [0, 0.1) is 0 Å². The summed E-state index contributed by atoms with van der Waals surface area (Å²) in [5, 5.41) is 1.13. The Bertz CT molecular complexity index is 1440. The lowest BCUT2D eigenvalue weighted by Crippen LogP contribution is -2.45. The number of H-pyrrole nitrogens is 1. The number of rotatable bonds is 16. The average molecular weight is 574 g/mol. The van der Waals surface area contributed by atoms with Crippen LogP contribution in [0.5, 0.6) is 17.2 Å². The Labute approximate surface area is 246 Å². The Morgan fingerprint density at radius 3 is 2.33 bits per heavy atom. The molecule has 2 amide bonds. The van der Waals surface area contributed by atoms with Crippen LogP contribution in [-0.2, 0) is 27.3 Å². The van der Waals surface area contributed by atoms with Crippen molar-refractivity contribution in [3.8, 4) is 17.2 Å². The van der Waals surface area contributed by atoms with Crippen molar-refractivity contribution in [1.82, 2.24) is 14.8 Å². The lowest BCUT2D eigenvalue weighted by atomic mass is 10.1. The van der Waals surface area contributed by atoms with Gasteiger partial charge in [0.1, 0.15) is 5.75 Å². The molecule has 0 radical (unpaired) electrons. The van der Waals surface area contributed by atoms with Gasteiger partial charge in [-0.25, -0.2) is 0 Å². The molecule has 0 saturated heterocycles. The van der Waals surface area contributed by atoms with Gasteiger partial charge >= 0.3 is 0 Å². The monoisotopic (exact) mass is 573 g/mol. The van der Waals surface area contributed by atoms with E-state index in [4.69, 9.17) is 18.9 Å². The third-order valence-electron chi connectivity index (χ3n) is 7.06. The zero-order chi connectivity index (χ0) is 29.7. The maximum atomic E-state index is 13.9. The van der Waals surface area contributed by atoms with Gasteiger partial charge in [-0.1, -0.05) is 42.5 Å². The fourth-order valence-corrected chi connectivity index (χ4v) is 4.79. The first kappa shape index (κ1) is 30.5. The molecular formula is C33H39N3O6. The standard InChI is InChI=1S/C33H39N3O6/c1-39-19-9-17-35(33(38)24-42-27-10-5-4-6-11-27)23-32(37)36(22-25-14-15-30(40-2)31(20-25)41-3)18-16-26-21-34-29-13-8-7-12-28(26)29/h4-8,10-15,20-21,34H,9,16-19,22-24H2,1-3H3. The van der Waals surface area contributed by atoms with Crippen molar-refractivity contribution in [1.29, 1.82) is 0 Å². The summed E-state index contributed by atoms with van der Waals surface area (Å²) in [6.07, 6.45) is 3.24. The fraction of sp³-hybridized carbons (Fsp3) is 0.333. The third kappa shape index (κ3) is 8.27. The van der Waals surface area contributed by atoms with Crippen LogP contribution in [0.15, 0.2) is 79.0 Å². The number of carbonyl (C=O) groups excluding carboxylic acids is 2. The van der Waals surface area contributed by atoms with Crippen LogP contribution in [0.2, 0.25) is 0 Å². The van der Waals surface area contributed by atoms with Gasteiger partial charge in [0.05, 0.1) is 20.8 Å². The molecule has 3 aromatic carbocycles. The van der Waals surface area contributed by atoms with E-state index in [2.05, 4.69) is 11.1 Å². The van der Waals surface area contributed by atoms with E-state index >= 15 is 0 Å². The fourth-order valence-electron chi connectivity index (χ4n) is 4.79. The number of benzene rings is 3. The molecule has 0 spiro atoms. The van der Waals surface area contributed by atoms with Crippen LogP contribution in [0.3, 0.4) is 0 Å². The molecular weight excluding hydrogens is 534 g/mol. The number of para-hydroxylation sites is 2. The van der Waals surface area contributed by atoms with Crippen molar-refractivity contribution in [3.05, 3.63) is 90.1 Å². The van der Waals surface area contributed by atoms with Crippen LogP contribution in [0.1, 0.15) is 17.5 Å². The molecule has 9 heteroatoms. The largest absolute Gasteiger partial charge is 0.493 e. The Morgan fingerprint density at radius 2 is 1.57 bits per heavy atom. The van der Waals surface area contributed by atoms with Crippen LogP contribution in [0.4, 0.5) is 0 Å². The molecule has 0 fully saturated rings. The summed E-state index contributed by atoms with van der Waals surface area (Å²) >= 11 is 0. The normalized spacial score (nSPS) is 10.8. The summed E-state index contributed by atoms with van der Waals surface area (Å²) in [6, 6.07) is 22.9. The number of carbonyl (C=O) groups is 2. The van der Waals surface area contributed by atoms with E-state index in [1.807, 2.05) is 60.8 Å². The Kier molecular flexibility index (Phi) is 11.2. The summed E-state index contributed by atoms with van der Waals surface area (Å²) in [7, 11) is 4.79. The maximum absolute atomic E-state index is 13.9. The quantitative estimate of drug-likeness (QED) is 0.195. The molecule has 1 aromatic heterocycles. The Hall–Kier alpha value is -4.50. The van der Waals surface area contributed by atoms with Crippen molar-refractivity contribution in [2.24, 2.45) is 0 Å². The number of amides is 2. The van der Waals surface area contributed by atoms with Gasteiger partial charge in [0, 0.05) is 50.5 Å². The minimum absolute atomic E-state index is 0.0676. The molecule has 0 saturated carbocycles. The first-order chi connectivity index (χ1) is 20.5. The van der Waals surface area contributed by atoms with Crippen molar-refractivity contribution in [3.63, 3.8) is 0 Å². The smallest absolute Gasteiger partial charge is 0.260 e. The van der Waals surface area contributed by atoms with Gasteiger partial charge in [-0.05, 0) is 54.3 Å². The number of hydrogen-bond acceptors (Lipinski definition) is 6. The number of hydrogen-bond donors (Lipinski definition) is 1. The topological polar surface area (TPSA) is 93.3 Å². The van der Waals surface area contributed by atoms with E-state index in [0.29, 0.717) is 56.3 Å². The van der Waals surface area contributed by atoms with Crippen LogP contribution in [0.25, 0.3) is 10.9 Å². The van der Waals surface area contributed by atoms with E-state index in [1.165, 1.54) is 0 Å². The molecule has 222 valence electrons. The molecule has 4 aromatic rings. The van der Waals surface area contributed by atoms with E-state index in [0.717, 1.165) is 22.0 Å². The number of ether oxygens (including phenoxy) is 4. The van der Waals surface area contributed by atoms with Crippen molar-refractivity contribution in [2.75, 3.05) is 54.2 Å². The molecule has 0 aliphatic heterocycles. The highest BCUT2D eigenvalue weighted by molar-refractivity contribution is 5.86. The van der Waals surface area contributed by atoms with E-state index in [9.17, 15) is 9.59 Å². The number of fused-ring (bicyclic) bond motifs is 1. The first-order valence-corrected chi connectivity index (χ1v) is 14.0. The summed E-state index contributed by atoms with van der Waals surface area (Å²) in [5.74, 6) is 1.39. The summed E-state index contributed by atoms with van der Waals surface area (Å²) < 4.78 is 21.8. The van der Waals surface area contributed by atoms with Crippen molar-refractivity contribution >= 4 is 22.7 Å². The second-order valence-electron chi connectivity index (χ2n) is 9.88. The molecule has 9 nitrogen and oxygen atoms in total. The van der Waals surface area contributed by atoms with Gasteiger partial charge in [0.25, 0.3) is 5.91 Å². The number of methoxy groups -OCH3 is 3. The summed E-state index contributed by atoms with van der Waals surface area (Å²) in [5.41, 5.74) is 3.07. The zero-order valence-corrected chi connectivity index (χ0v) is 24.5. The van der Waals surface area contributed by atoms with Crippen molar-refractivity contribution in [2.45, 2.75) is 19.4 Å². The number of aromatic amines is 1. The third-order valence-corrected chi connectivity index (χ3v) is 7.06. The van der Waals surface area contributed by atoms with Crippen LogP contribution >= 0.6 is 0 Å². The van der Waals surface area contributed by atoms with Gasteiger partial charge in [-0.2, -0.15) is 0 Å². The maximum Gasteiger partial charge on any atom is 0.260 e. The van der Waals surface area contributed by atoms with Gasteiger partial charge in [-0.15, -0.1) is 0 Å². The average Bonchev–Trinajstić information content (AvgIpc) is 3.44. The van der Waals surface area contributed by atoms with Crippen LogP contribution < -0.4 is 14.2 Å². The SMILES string of the molecule is COCCCN(CC(=O)N(CCc1c[nH]c2ccccc12)Cc1ccc(OC)c(OC)c1)C(=O)COc1ccccc1. The number of nitrogens with one attached hydrogen (secondary N) is 1. The van der Waals surface area contributed by atoms with Gasteiger partial charge < -0.3 is 33.7 Å². The van der Waals surface area contributed by atoms with Crippen LogP contribution in [-0.4, -0.2) is 80.8 Å². The van der Waals surface area contributed by atoms with Gasteiger partial charge in [-0.3, -0.25) is 9.59 Å². The summed E-state index contributed by atoms with van der Waals surface area (Å²) in [6.45, 7) is 1.45. The highest BCUT2D eigenvalue weighted by Gasteiger charge is 2.23. The molecule has 0 aliphatic rings. The first-order valence-electron chi connectivity index (χ1n) is 14.0. The highest BCUT2D eigenvalue weighted by Crippen LogP contribution is 2.28. The second kappa shape index (κ2) is 15.5. The molecule has 1 N–H and O–H groups in total. The lowest BCUT2D eigenvalue weighted by molar-refractivity contribution is -0.142. The molecule has 0 atom stereocenters. The highest BCUT2D eigenvalue weighted by atomic mass is 16.5. The minimum atomic E-state index is -0.258. The van der Waals surface area contributed by atoms with Gasteiger partial charge in [0.15, 0.2) is 18.1 Å². The predicted molar refractivity (Wildman–Crippen MR) is 162 cm³/mol. The number of aromatic nitrogens is 1. The molecule has 42 heavy (non-hydrogen) atoms. The van der Waals surface area contributed by atoms with Crippen molar-refractivity contribution < 1.29 is 28.5 Å². The van der Waals surface area contributed by atoms with Gasteiger partial charge in [0.2, 0.25) is 5.91 Å². The second-order valence-corrected chi connectivity index (χ2v) is 9.88. The Balaban J connectivity index is 1.52. The molecule has 4 rings (SSSR count).